The minimum atomic E-state index is 0.293. The summed E-state index contributed by atoms with van der Waals surface area (Å²) in [7, 11) is 1.75. The molecule has 0 aromatic heterocycles. The summed E-state index contributed by atoms with van der Waals surface area (Å²) >= 11 is 0. The Kier molecular flexibility index (Phi) is 5.71. The summed E-state index contributed by atoms with van der Waals surface area (Å²) in [6.45, 7) is 5.14. The van der Waals surface area contributed by atoms with Crippen molar-refractivity contribution < 1.29 is 14.3 Å². The molecule has 5 nitrogen and oxygen atoms in total. The first-order valence-electron chi connectivity index (χ1n) is 8.90. The van der Waals surface area contributed by atoms with Gasteiger partial charge in [0, 0.05) is 39.7 Å². The summed E-state index contributed by atoms with van der Waals surface area (Å²) in [6.07, 6.45) is 7.13. The number of ether oxygens (including phenoxy) is 2. The Hall–Kier alpha value is -0.650. The maximum atomic E-state index is 12.6. The molecule has 1 amide bonds. The lowest BCUT2D eigenvalue weighted by Crippen LogP contribution is -2.61. The molecular weight excluding hydrogens is 280 g/mol. The third kappa shape index (κ3) is 3.81. The van der Waals surface area contributed by atoms with Gasteiger partial charge in [-0.3, -0.25) is 9.69 Å². The maximum absolute atomic E-state index is 12.6. The van der Waals surface area contributed by atoms with E-state index in [1.165, 1.54) is 25.7 Å². The van der Waals surface area contributed by atoms with E-state index < -0.39 is 0 Å². The van der Waals surface area contributed by atoms with Crippen LogP contribution >= 0.6 is 0 Å². The predicted octanol–water partition coefficient (Wildman–Crippen LogP) is 1.51. The number of nitrogens with zero attached hydrogens (tertiary/aromatic N) is 2. The number of methoxy groups -OCH3 is 1. The molecule has 2 aliphatic heterocycles. The highest BCUT2D eigenvalue weighted by atomic mass is 16.5. The van der Waals surface area contributed by atoms with E-state index >= 15 is 0 Å². The zero-order chi connectivity index (χ0) is 15.4. The molecule has 2 heterocycles. The van der Waals surface area contributed by atoms with Crippen molar-refractivity contribution in [3.8, 4) is 0 Å². The van der Waals surface area contributed by atoms with Crippen LogP contribution in [-0.2, 0) is 14.3 Å². The van der Waals surface area contributed by atoms with E-state index in [-0.39, 0.29) is 0 Å². The van der Waals surface area contributed by atoms with Gasteiger partial charge in [-0.1, -0.05) is 12.8 Å². The number of hydrogen-bond donors (Lipinski definition) is 0. The molecule has 0 aromatic rings. The van der Waals surface area contributed by atoms with Gasteiger partial charge in [-0.15, -0.1) is 0 Å². The molecule has 0 bridgehead atoms. The van der Waals surface area contributed by atoms with Crippen molar-refractivity contribution in [3.05, 3.63) is 0 Å². The van der Waals surface area contributed by atoms with Crippen molar-refractivity contribution in [2.24, 2.45) is 5.92 Å². The van der Waals surface area contributed by atoms with Crippen molar-refractivity contribution in [1.82, 2.24) is 9.80 Å². The fourth-order valence-electron chi connectivity index (χ4n) is 4.25. The number of amides is 1. The van der Waals surface area contributed by atoms with Crippen molar-refractivity contribution >= 4 is 5.91 Å². The highest BCUT2D eigenvalue weighted by Gasteiger charge is 2.38. The molecule has 1 saturated carbocycles. The Morgan fingerprint density at radius 1 is 1.23 bits per heavy atom. The second kappa shape index (κ2) is 7.75. The van der Waals surface area contributed by atoms with Gasteiger partial charge in [0.1, 0.15) is 0 Å². The predicted molar refractivity (Wildman–Crippen MR) is 84.7 cm³/mol. The minimum Gasteiger partial charge on any atom is -0.383 e. The fraction of sp³-hybridized carbons (Fsp3) is 0.941. The summed E-state index contributed by atoms with van der Waals surface area (Å²) in [4.78, 5) is 17.1. The average Bonchev–Trinajstić information content (AvgIpc) is 3.05. The van der Waals surface area contributed by atoms with Crippen LogP contribution in [0.4, 0.5) is 0 Å². The highest BCUT2D eigenvalue weighted by Crippen LogP contribution is 2.29. The van der Waals surface area contributed by atoms with Crippen LogP contribution in [0.5, 0.6) is 0 Å². The van der Waals surface area contributed by atoms with E-state index in [1.54, 1.807) is 7.11 Å². The van der Waals surface area contributed by atoms with Crippen LogP contribution in [0.25, 0.3) is 0 Å². The largest absolute Gasteiger partial charge is 0.383 e. The van der Waals surface area contributed by atoms with E-state index in [2.05, 4.69) is 9.80 Å². The zero-order valence-electron chi connectivity index (χ0n) is 13.8. The second-order valence-electron chi connectivity index (χ2n) is 6.99. The number of likely N-dealkylation sites (tertiary alicyclic amines) is 1. The smallest absolute Gasteiger partial charge is 0.222 e. The molecule has 3 fully saturated rings. The minimum absolute atomic E-state index is 0.293. The van der Waals surface area contributed by atoms with Gasteiger partial charge >= 0.3 is 0 Å². The Morgan fingerprint density at radius 2 is 2.05 bits per heavy atom. The van der Waals surface area contributed by atoms with E-state index in [9.17, 15) is 4.79 Å². The molecule has 2 atom stereocenters. The Labute approximate surface area is 133 Å². The lowest BCUT2D eigenvalue weighted by Gasteiger charge is -2.47. The number of piperidine rings is 1. The molecule has 0 N–H and O–H groups in total. The van der Waals surface area contributed by atoms with E-state index in [1.807, 2.05) is 0 Å². The molecule has 126 valence electrons. The van der Waals surface area contributed by atoms with Gasteiger partial charge in [-0.05, 0) is 25.2 Å². The molecule has 0 spiro atoms. The van der Waals surface area contributed by atoms with Crippen LogP contribution in [0.2, 0.25) is 0 Å². The third-order valence-corrected chi connectivity index (χ3v) is 5.57. The number of rotatable bonds is 5. The van der Waals surface area contributed by atoms with Crippen LogP contribution in [0.1, 0.15) is 38.5 Å². The summed E-state index contributed by atoms with van der Waals surface area (Å²) < 4.78 is 11.2. The van der Waals surface area contributed by atoms with Crippen molar-refractivity contribution in [3.63, 3.8) is 0 Å². The SMILES string of the molecule is COCCN1CCO[C@@H]2CCN(C(=O)CC3CCCC3)C[C@H]21. The first kappa shape index (κ1) is 16.2. The lowest BCUT2D eigenvalue weighted by atomic mass is 9.97. The Morgan fingerprint density at radius 3 is 2.82 bits per heavy atom. The molecular formula is C17H30N2O3. The normalized spacial score (nSPS) is 30.5. The first-order valence-corrected chi connectivity index (χ1v) is 8.90. The number of carbonyl (C=O) groups excluding carboxylic acids is 1. The molecule has 5 heteroatoms. The molecule has 22 heavy (non-hydrogen) atoms. The number of carbonyl (C=O) groups is 1. The fourth-order valence-corrected chi connectivity index (χ4v) is 4.25. The molecule has 2 saturated heterocycles. The van der Waals surface area contributed by atoms with Gasteiger partial charge in [-0.25, -0.2) is 0 Å². The Bertz CT molecular complexity index is 371. The van der Waals surface area contributed by atoms with Crippen LogP contribution in [0.3, 0.4) is 0 Å². The molecule has 1 aliphatic carbocycles. The van der Waals surface area contributed by atoms with Gasteiger partial charge < -0.3 is 14.4 Å². The van der Waals surface area contributed by atoms with E-state index in [4.69, 9.17) is 9.47 Å². The van der Waals surface area contributed by atoms with Gasteiger partial charge in [0.25, 0.3) is 0 Å². The van der Waals surface area contributed by atoms with E-state index in [0.29, 0.717) is 24.0 Å². The van der Waals surface area contributed by atoms with Crippen molar-refractivity contribution in [1.29, 1.82) is 0 Å². The third-order valence-electron chi connectivity index (χ3n) is 5.57. The monoisotopic (exact) mass is 310 g/mol. The van der Waals surface area contributed by atoms with Crippen LogP contribution < -0.4 is 0 Å². The molecule has 0 aromatic carbocycles. The zero-order valence-corrected chi connectivity index (χ0v) is 13.8. The number of fused-ring (bicyclic) bond motifs is 1. The number of hydrogen-bond acceptors (Lipinski definition) is 4. The van der Waals surface area contributed by atoms with Crippen LogP contribution in [0, 0.1) is 5.92 Å². The highest BCUT2D eigenvalue weighted by molar-refractivity contribution is 5.76. The standard InChI is InChI=1S/C17H30N2O3/c1-21-10-8-18-9-11-22-16-6-7-19(13-15(16)18)17(20)12-14-4-2-3-5-14/h14-16H,2-13H2,1H3/t15-,16-/m1/s1. The van der Waals surface area contributed by atoms with Crippen LogP contribution in [0.15, 0.2) is 0 Å². The molecule has 0 unspecified atom stereocenters. The summed E-state index contributed by atoms with van der Waals surface area (Å²) in [5, 5.41) is 0. The second-order valence-corrected chi connectivity index (χ2v) is 6.99. The molecule has 3 aliphatic rings. The summed E-state index contributed by atoms with van der Waals surface area (Å²) in [5.41, 5.74) is 0. The first-order chi connectivity index (χ1) is 10.8. The maximum Gasteiger partial charge on any atom is 0.222 e. The van der Waals surface area contributed by atoms with E-state index in [0.717, 1.165) is 52.2 Å². The average molecular weight is 310 g/mol. The Balaban J connectivity index is 1.55. The summed E-state index contributed by atoms with van der Waals surface area (Å²) in [5.74, 6) is 1.00. The topological polar surface area (TPSA) is 42.0 Å². The van der Waals surface area contributed by atoms with Gasteiger partial charge in [0.05, 0.1) is 25.4 Å². The van der Waals surface area contributed by atoms with Crippen molar-refractivity contribution in [2.75, 3.05) is 46.5 Å². The summed E-state index contributed by atoms with van der Waals surface area (Å²) in [6, 6.07) is 0.352. The van der Waals surface area contributed by atoms with Gasteiger partial charge in [0.2, 0.25) is 5.91 Å². The van der Waals surface area contributed by atoms with Crippen LogP contribution in [-0.4, -0.2) is 74.4 Å². The molecule has 0 radical (unpaired) electrons. The molecule has 3 rings (SSSR count). The number of morpholine rings is 1. The quantitative estimate of drug-likeness (QED) is 0.772. The van der Waals surface area contributed by atoms with Crippen molar-refractivity contribution in [2.45, 2.75) is 50.7 Å². The van der Waals surface area contributed by atoms with Gasteiger partial charge in [-0.2, -0.15) is 0 Å². The lowest BCUT2D eigenvalue weighted by molar-refractivity contribution is -0.144. The van der Waals surface area contributed by atoms with Gasteiger partial charge in [0.15, 0.2) is 0 Å².